The summed E-state index contributed by atoms with van der Waals surface area (Å²) in [4.78, 5) is 23.7. The second kappa shape index (κ2) is 11.2. The molecular formula is C23H30N2O4. The molecule has 0 aromatic heterocycles. The van der Waals surface area contributed by atoms with E-state index in [1.165, 1.54) is 0 Å². The molecule has 0 heterocycles. The van der Waals surface area contributed by atoms with Crippen LogP contribution in [0.4, 0.5) is 4.79 Å². The van der Waals surface area contributed by atoms with Gasteiger partial charge in [0.25, 0.3) is 0 Å². The number of rotatable bonds is 9. The number of amides is 1. The third-order valence-electron chi connectivity index (χ3n) is 3.93. The van der Waals surface area contributed by atoms with Crippen LogP contribution in [0.3, 0.4) is 0 Å². The van der Waals surface area contributed by atoms with E-state index in [1.54, 1.807) is 12.1 Å². The quantitative estimate of drug-likeness (QED) is 0.492. The van der Waals surface area contributed by atoms with Gasteiger partial charge in [0.1, 0.15) is 12.2 Å². The smallest absolute Gasteiger partial charge is 0.407 e. The SMILES string of the molecule is CC(C)(C)OC(=O)NCCCNCc1ccc(C(=O)OCc2ccccc2)cc1. The van der Waals surface area contributed by atoms with Crippen LogP contribution in [-0.4, -0.2) is 30.8 Å². The first kappa shape index (κ1) is 22.4. The lowest BCUT2D eigenvalue weighted by Gasteiger charge is -2.19. The van der Waals surface area contributed by atoms with Crippen LogP contribution in [0.5, 0.6) is 0 Å². The molecule has 6 heteroatoms. The minimum Gasteiger partial charge on any atom is -0.457 e. The van der Waals surface area contributed by atoms with Crippen LogP contribution in [0.15, 0.2) is 54.6 Å². The number of hydrogen-bond acceptors (Lipinski definition) is 5. The van der Waals surface area contributed by atoms with Gasteiger partial charge < -0.3 is 20.1 Å². The third-order valence-corrected chi connectivity index (χ3v) is 3.93. The Labute approximate surface area is 172 Å². The highest BCUT2D eigenvalue weighted by molar-refractivity contribution is 5.89. The van der Waals surface area contributed by atoms with E-state index in [0.717, 1.165) is 24.1 Å². The van der Waals surface area contributed by atoms with Crippen molar-refractivity contribution in [3.05, 3.63) is 71.3 Å². The van der Waals surface area contributed by atoms with Crippen molar-refractivity contribution in [3.63, 3.8) is 0 Å². The predicted molar refractivity (Wildman–Crippen MR) is 113 cm³/mol. The van der Waals surface area contributed by atoms with Crippen molar-refractivity contribution in [3.8, 4) is 0 Å². The maximum atomic E-state index is 12.1. The van der Waals surface area contributed by atoms with Gasteiger partial charge in [-0.2, -0.15) is 0 Å². The van der Waals surface area contributed by atoms with Crippen LogP contribution in [0.2, 0.25) is 0 Å². The molecule has 0 bridgehead atoms. The maximum Gasteiger partial charge on any atom is 0.407 e. The summed E-state index contributed by atoms with van der Waals surface area (Å²) in [6, 6.07) is 17.0. The highest BCUT2D eigenvalue weighted by atomic mass is 16.6. The Morgan fingerprint density at radius 3 is 2.24 bits per heavy atom. The number of carbonyl (C=O) groups is 2. The van der Waals surface area contributed by atoms with Crippen molar-refractivity contribution in [2.24, 2.45) is 0 Å². The van der Waals surface area contributed by atoms with Gasteiger partial charge in [-0.3, -0.25) is 0 Å². The molecule has 0 saturated carbocycles. The molecule has 0 saturated heterocycles. The molecule has 0 aliphatic rings. The van der Waals surface area contributed by atoms with Gasteiger partial charge >= 0.3 is 12.1 Å². The molecule has 0 spiro atoms. The highest BCUT2D eigenvalue weighted by Crippen LogP contribution is 2.09. The largest absolute Gasteiger partial charge is 0.457 e. The number of ether oxygens (including phenoxy) is 2. The number of benzene rings is 2. The van der Waals surface area contributed by atoms with Gasteiger partial charge in [-0.25, -0.2) is 9.59 Å². The minimum absolute atomic E-state index is 0.264. The summed E-state index contributed by atoms with van der Waals surface area (Å²) in [7, 11) is 0. The number of alkyl carbamates (subject to hydrolysis) is 1. The first-order valence-electron chi connectivity index (χ1n) is 9.81. The fourth-order valence-electron chi connectivity index (χ4n) is 2.52. The number of esters is 1. The van der Waals surface area contributed by atoms with Gasteiger partial charge in [-0.05, 0) is 57.0 Å². The molecule has 156 valence electrons. The number of hydrogen-bond donors (Lipinski definition) is 2. The van der Waals surface area contributed by atoms with Crippen LogP contribution < -0.4 is 10.6 Å². The Bertz CT molecular complexity index is 768. The summed E-state index contributed by atoms with van der Waals surface area (Å²) in [5.74, 6) is -0.332. The Morgan fingerprint density at radius 2 is 1.59 bits per heavy atom. The van der Waals surface area contributed by atoms with Gasteiger partial charge in [0.15, 0.2) is 0 Å². The topological polar surface area (TPSA) is 76.7 Å². The van der Waals surface area contributed by atoms with E-state index >= 15 is 0 Å². The van der Waals surface area contributed by atoms with Crippen molar-refractivity contribution >= 4 is 12.1 Å². The van der Waals surface area contributed by atoms with Gasteiger partial charge in [0.2, 0.25) is 0 Å². The van der Waals surface area contributed by atoms with Gasteiger partial charge in [-0.1, -0.05) is 42.5 Å². The maximum absolute atomic E-state index is 12.1. The highest BCUT2D eigenvalue weighted by Gasteiger charge is 2.15. The van der Waals surface area contributed by atoms with Gasteiger partial charge in [0.05, 0.1) is 5.56 Å². The molecule has 2 rings (SSSR count). The van der Waals surface area contributed by atoms with Crippen molar-refractivity contribution in [1.29, 1.82) is 0 Å². The summed E-state index contributed by atoms with van der Waals surface area (Å²) in [5, 5.41) is 6.04. The molecule has 0 aliphatic heterocycles. The lowest BCUT2D eigenvalue weighted by molar-refractivity contribution is 0.0471. The van der Waals surface area contributed by atoms with Crippen LogP contribution in [-0.2, 0) is 22.6 Å². The fraction of sp³-hybridized carbons (Fsp3) is 0.391. The third kappa shape index (κ3) is 9.25. The zero-order chi connectivity index (χ0) is 21.1. The van der Waals surface area contributed by atoms with E-state index in [4.69, 9.17) is 9.47 Å². The zero-order valence-corrected chi connectivity index (χ0v) is 17.4. The molecule has 1 amide bonds. The lowest BCUT2D eigenvalue weighted by Crippen LogP contribution is -2.33. The van der Waals surface area contributed by atoms with Crippen LogP contribution in [0.1, 0.15) is 48.7 Å². The van der Waals surface area contributed by atoms with E-state index in [0.29, 0.717) is 18.7 Å². The van der Waals surface area contributed by atoms with Crippen LogP contribution in [0, 0.1) is 0 Å². The minimum atomic E-state index is -0.484. The second-order valence-corrected chi connectivity index (χ2v) is 7.72. The van der Waals surface area contributed by atoms with Gasteiger partial charge in [0, 0.05) is 13.1 Å². The van der Waals surface area contributed by atoms with Crippen LogP contribution >= 0.6 is 0 Å². The van der Waals surface area contributed by atoms with Crippen LogP contribution in [0.25, 0.3) is 0 Å². The molecule has 6 nitrogen and oxygen atoms in total. The molecule has 0 fully saturated rings. The predicted octanol–water partition coefficient (Wildman–Crippen LogP) is 4.05. The average Bonchev–Trinajstić information content (AvgIpc) is 2.68. The molecule has 29 heavy (non-hydrogen) atoms. The molecule has 2 N–H and O–H groups in total. The summed E-state index contributed by atoms with van der Waals surface area (Å²) in [6.07, 6.45) is 0.399. The Balaban J connectivity index is 1.62. The van der Waals surface area contributed by atoms with E-state index < -0.39 is 11.7 Å². The second-order valence-electron chi connectivity index (χ2n) is 7.72. The Morgan fingerprint density at radius 1 is 0.897 bits per heavy atom. The Hall–Kier alpha value is -2.86. The molecular weight excluding hydrogens is 368 g/mol. The standard InChI is InChI=1S/C23H30N2O4/c1-23(2,3)29-22(27)25-15-7-14-24-16-18-10-12-20(13-11-18)21(26)28-17-19-8-5-4-6-9-19/h4-6,8-13,24H,7,14-17H2,1-3H3,(H,25,27). The molecule has 2 aromatic carbocycles. The molecule has 0 unspecified atom stereocenters. The zero-order valence-electron chi connectivity index (χ0n) is 17.4. The van der Waals surface area contributed by atoms with E-state index in [-0.39, 0.29) is 12.6 Å². The molecule has 2 aromatic rings. The average molecular weight is 399 g/mol. The van der Waals surface area contributed by atoms with Crippen molar-refractivity contribution in [1.82, 2.24) is 10.6 Å². The normalized spacial score (nSPS) is 11.0. The summed E-state index contributed by atoms with van der Waals surface area (Å²) in [6.45, 7) is 7.77. The molecule has 0 radical (unpaired) electrons. The van der Waals surface area contributed by atoms with Crippen molar-refractivity contribution in [2.75, 3.05) is 13.1 Å². The molecule has 0 aliphatic carbocycles. The van der Waals surface area contributed by atoms with E-state index in [1.807, 2.05) is 63.2 Å². The Kier molecular flexibility index (Phi) is 8.68. The van der Waals surface area contributed by atoms with E-state index in [9.17, 15) is 9.59 Å². The van der Waals surface area contributed by atoms with Crippen molar-refractivity contribution < 1.29 is 19.1 Å². The number of carbonyl (C=O) groups excluding carboxylic acids is 2. The van der Waals surface area contributed by atoms with E-state index in [2.05, 4.69) is 10.6 Å². The number of nitrogens with one attached hydrogen (secondary N) is 2. The summed E-state index contributed by atoms with van der Waals surface area (Å²) < 4.78 is 10.5. The lowest BCUT2D eigenvalue weighted by atomic mass is 10.1. The first-order valence-corrected chi connectivity index (χ1v) is 9.81. The molecule has 0 atom stereocenters. The van der Waals surface area contributed by atoms with Gasteiger partial charge in [-0.15, -0.1) is 0 Å². The summed E-state index contributed by atoms with van der Waals surface area (Å²) in [5.41, 5.74) is 2.08. The van der Waals surface area contributed by atoms with Crippen molar-refractivity contribution in [2.45, 2.75) is 45.9 Å². The monoisotopic (exact) mass is 398 g/mol. The fourth-order valence-corrected chi connectivity index (χ4v) is 2.52. The first-order chi connectivity index (χ1) is 13.8. The summed E-state index contributed by atoms with van der Waals surface area (Å²) >= 11 is 0.